The fraction of sp³-hybridized carbons (Fsp3) is 0.176. The maximum absolute atomic E-state index is 12.4. The molecule has 0 fully saturated rings. The van der Waals surface area contributed by atoms with Crippen LogP contribution in [0, 0.1) is 0 Å². The van der Waals surface area contributed by atoms with Gasteiger partial charge in [0.25, 0.3) is 5.91 Å². The Hall–Kier alpha value is -2.32. The molecule has 126 valence electrons. The van der Waals surface area contributed by atoms with E-state index in [-0.39, 0.29) is 11.7 Å². The van der Waals surface area contributed by atoms with Crippen molar-refractivity contribution in [1.82, 2.24) is 15.2 Å². The van der Waals surface area contributed by atoms with Gasteiger partial charge in [-0.05, 0) is 31.0 Å². The van der Waals surface area contributed by atoms with Crippen molar-refractivity contribution in [3.8, 4) is 11.3 Å². The minimum absolute atomic E-state index is 0.110. The van der Waals surface area contributed by atoms with Crippen LogP contribution in [0.25, 0.3) is 11.3 Å². The molecule has 0 atom stereocenters. The molecule has 0 bridgehead atoms. The molecule has 1 amide bonds. The average molecular weight is 417 g/mol. The normalized spacial score (nSPS) is 13.6. The van der Waals surface area contributed by atoms with Crippen LogP contribution in [0.3, 0.4) is 0 Å². The number of aryl methyl sites for hydroxylation is 1. The topological polar surface area (TPSA) is 87.7 Å². The highest BCUT2D eigenvalue weighted by Crippen LogP contribution is 2.30. The number of amides is 1. The first-order valence-electron chi connectivity index (χ1n) is 7.76. The summed E-state index contributed by atoms with van der Waals surface area (Å²) >= 11 is 4.63. The summed E-state index contributed by atoms with van der Waals surface area (Å²) < 4.78 is 0.979. The number of benzene rings is 1. The number of Topliss-reactive ketones (excluding diaryl/α,β-unsaturated/α-hetero) is 1. The first kappa shape index (κ1) is 16.2. The summed E-state index contributed by atoms with van der Waals surface area (Å²) in [6, 6.07) is 9.36. The predicted octanol–water partition coefficient (Wildman–Crippen LogP) is 4.07. The van der Waals surface area contributed by atoms with E-state index >= 15 is 0 Å². The molecule has 25 heavy (non-hydrogen) atoms. The lowest BCUT2D eigenvalue weighted by atomic mass is 10.0. The van der Waals surface area contributed by atoms with Gasteiger partial charge in [-0.15, -0.1) is 0 Å². The van der Waals surface area contributed by atoms with Crippen LogP contribution in [0.1, 0.15) is 38.7 Å². The van der Waals surface area contributed by atoms with Gasteiger partial charge in [0.15, 0.2) is 10.9 Å². The van der Waals surface area contributed by atoms with Crippen molar-refractivity contribution in [2.45, 2.75) is 19.3 Å². The monoisotopic (exact) mass is 416 g/mol. The van der Waals surface area contributed by atoms with E-state index in [4.69, 9.17) is 0 Å². The van der Waals surface area contributed by atoms with Crippen LogP contribution >= 0.6 is 27.3 Å². The molecule has 8 heteroatoms. The number of fused-ring (bicyclic) bond motifs is 1. The lowest BCUT2D eigenvalue weighted by Crippen LogP contribution is -2.12. The zero-order valence-electron chi connectivity index (χ0n) is 13.0. The zero-order valence-corrected chi connectivity index (χ0v) is 15.4. The van der Waals surface area contributed by atoms with Gasteiger partial charge in [-0.1, -0.05) is 39.4 Å². The fourth-order valence-electron chi connectivity index (χ4n) is 2.69. The Labute approximate surface area is 155 Å². The molecule has 0 radical (unpaired) electrons. The Morgan fingerprint density at radius 3 is 2.80 bits per heavy atom. The smallest absolute Gasteiger partial charge is 0.275 e. The standard InChI is InChI=1S/C17H13BrN4O2S/c18-10-6-4-9(5-7-10)12-8-13(22-21-12)16(24)20-17-19-11-2-1-3-14(23)15(11)25-17/h4-8H,1-3H2,(H,21,22)(H,19,20,24). The maximum Gasteiger partial charge on any atom is 0.275 e. The molecule has 1 aromatic carbocycles. The van der Waals surface area contributed by atoms with Gasteiger partial charge in [-0.2, -0.15) is 5.10 Å². The number of halogens is 1. The summed E-state index contributed by atoms with van der Waals surface area (Å²) in [5, 5.41) is 10.1. The van der Waals surface area contributed by atoms with Crippen LogP contribution in [0.4, 0.5) is 5.13 Å². The summed E-state index contributed by atoms with van der Waals surface area (Å²) in [5.74, 6) is -0.215. The van der Waals surface area contributed by atoms with Crippen LogP contribution < -0.4 is 5.32 Å². The highest BCUT2D eigenvalue weighted by Gasteiger charge is 2.23. The van der Waals surface area contributed by atoms with Crippen LogP contribution in [0.5, 0.6) is 0 Å². The van der Waals surface area contributed by atoms with Gasteiger partial charge in [0.2, 0.25) is 0 Å². The van der Waals surface area contributed by atoms with Crippen molar-refractivity contribution in [1.29, 1.82) is 0 Å². The van der Waals surface area contributed by atoms with Crippen LogP contribution in [0.2, 0.25) is 0 Å². The van der Waals surface area contributed by atoms with Crippen molar-refractivity contribution in [2.24, 2.45) is 0 Å². The number of anilines is 1. The summed E-state index contributed by atoms with van der Waals surface area (Å²) in [4.78, 5) is 29.3. The molecule has 6 nitrogen and oxygen atoms in total. The Morgan fingerprint density at radius 2 is 2.04 bits per heavy atom. The minimum Gasteiger partial charge on any atom is -0.296 e. The Bertz CT molecular complexity index is 961. The molecule has 0 spiro atoms. The van der Waals surface area contributed by atoms with Crippen molar-refractivity contribution < 1.29 is 9.59 Å². The highest BCUT2D eigenvalue weighted by molar-refractivity contribution is 9.10. The third kappa shape index (κ3) is 3.27. The number of rotatable bonds is 3. The number of hydrogen-bond donors (Lipinski definition) is 2. The van der Waals surface area contributed by atoms with E-state index in [1.807, 2.05) is 24.3 Å². The molecule has 0 saturated heterocycles. The molecule has 0 unspecified atom stereocenters. The molecular formula is C17H13BrN4O2S. The molecular weight excluding hydrogens is 404 g/mol. The fourth-order valence-corrected chi connectivity index (χ4v) is 3.93. The van der Waals surface area contributed by atoms with Crippen molar-refractivity contribution in [2.75, 3.05) is 5.32 Å². The van der Waals surface area contributed by atoms with Gasteiger partial charge in [0.05, 0.1) is 16.3 Å². The van der Waals surface area contributed by atoms with E-state index in [0.29, 0.717) is 27.8 Å². The summed E-state index contributed by atoms with van der Waals surface area (Å²) in [6.45, 7) is 0. The van der Waals surface area contributed by atoms with E-state index in [1.54, 1.807) is 6.07 Å². The molecule has 1 aliphatic rings. The van der Waals surface area contributed by atoms with E-state index in [2.05, 4.69) is 36.4 Å². The summed E-state index contributed by atoms with van der Waals surface area (Å²) in [6.07, 6.45) is 2.16. The molecule has 0 saturated carbocycles. The molecule has 2 N–H and O–H groups in total. The predicted molar refractivity (Wildman–Crippen MR) is 99.1 cm³/mol. The third-order valence-corrected chi connectivity index (χ3v) is 5.53. The Morgan fingerprint density at radius 1 is 1.24 bits per heavy atom. The van der Waals surface area contributed by atoms with E-state index in [1.165, 1.54) is 11.3 Å². The number of carbonyl (C=O) groups is 2. The number of hydrogen-bond acceptors (Lipinski definition) is 5. The van der Waals surface area contributed by atoms with Crippen molar-refractivity contribution >= 4 is 44.1 Å². The van der Waals surface area contributed by atoms with Crippen molar-refractivity contribution in [3.05, 3.63) is 51.1 Å². The van der Waals surface area contributed by atoms with Gasteiger partial charge >= 0.3 is 0 Å². The third-order valence-electron chi connectivity index (χ3n) is 3.95. The second-order valence-electron chi connectivity index (χ2n) is 5.70. The molecule has 2 heterocycles. The van der Waals surface area contributed by atoms with Gasteiger partial charge in [-0.25, -0.2) is 4.98 Å². The average Bonchev–Trinajstić information content (AvgIpc) is 3.23. The molecule has 0 aliphatic heterocycles. The minimum atomic E-state index is -0.325. The molecule has 1 aliphatic carbocycles. The number of nitrogens with zero attached hydrogens (tertiary/aromatic N) is 2. The first-order chi connectivity index (χ1) is 12.1. The number of H-pyrrole nitrogens is 1. The second kappa shape index (κ2) is 6.53. The van der Waals surface area contributed by atoms with E-state index in [0.717, 1.165) is 28.6 Å². The molecule has 2 aromatic heterocycles. The Kier molecular flexibility index (Phi) is 4.22. The quantitative estimate of drug-likeness (QED) is 0.673. The Balaban J connectivity index is 1.52. The summed E-state index contributed by atoms with van der Waals surface area (Å²) in [5.41, 5.74) is 2.73. The lowest BCUT2D eigenvalue weighted by Gasteiger charge is -2.05. The van der Waals surface area contributed by atoms with Gasteiger partial charge in [0, 0.05) is 16.5 Å². The number of carbonyl (C=O) groups excluding carboxylic acids is 2. The number of aromatic amines is 1. The number of ketones is 1. The first-order valence-corrected chi connectivity index (χ1v) is 9.37. The number of aromatic nitrogens is 3. The lowest BCUT2D eigenvalue weighted by molar-refractivity contribution is 0.0975. The van der Waals surface area contributed by atoms with Crippen LogP contribution in [-0.4, -0.2) is 26.9 Å². The number of thiazole rings is 1. The van der Waals surface area contributed by atoms with Crippen LogP contribution in [-0.2, 0) is 6.42 Å². The van der Waals surface area contributed by atoms with Gasteiger partial charge in [-0.3, -0.25) is 20.0 Å². The van der Waals surface area contributed by atoms with E-state index in [9.17, 15) is 9.59 Å². The summed E-state index contributed by atoms with van der Waals surface area (Å²) in [7, 11) is 0. The number of nitrogens with one attached hydrogen (secondary N) is 2. The van der Waals surface area contributed by atoms with Gasteiger partial charge in [0.1, 0.15) is 5.69 Å². The molecule has 4 rings (SSSR count). The largest absolute Gasteiger partial charge is 0.296 e. The second-order valence-corrected chi connectivity index (χ2v) is 7.61. The van der Waals surface area contributed by atoms with Gasteiger partial charge < -0.3 is 0 Å². The zero-order chi connectivity index (χ0) is 17.4. The highest BCUT2D eigenvalue weighted by atomic mass is 79.9. The maximum atomic E-state index is 12.4. The van der Waals surface area contributed by atoms with Crippen LogP contribution in [0.15, 0.2) is 34.8 Å². The molecule has 3 aromatic rings. The van der Waals surface area contributed by atoms with E-state index < -0.39 is 0 Å². The SMILES string of the molecule is O=C(Nc1nc2c(s1)C(=O)CCC2)c1cc(-c2ccc(Br)cc2)n[nH]1. The van der Waals surface area contributed by atoms with Crippen molar-refractivity contribution in [3.63, 3.8) is 0 Å².